The molecule has 1 fully saturated rings. The van der Waals surface area contributed by atoms with E-state index in [9.17, 15) is 4.79 Å². The molecule has 182 valence electrons. The fourth-order valence-corrected chi connectivity index (χ4v) is 5.20. The van der Waals surface area contributed by atoms with E-state index in [1.165, 1.54) is 24.6 Å². The first-order valence-corrected chi connectivity index (χ1v) is 12.6. The predicted octanol–water partition coefficient (Wildman–Crippen LogP) is 4.89. The van der Waals surface area contributed by atoms with Gasteiger partial charge in [0.25, 0.3) is 5.91 Å². The van der Waals surface area contributed by atoms with Gasteiger partial charge in [-0.25, -0.2) is 4.98 Å². The summed E-state index contributed by atoms with van der Waals surface area (Å²) in [5, 5.41) is 0.781. The summed E-state index contributed by atoms with van der Waals surface area (Å²) in [6, 6.07) is 17.4. The average Bonchev–Trinajstić information content (AvgIpc) is 3.53. The van der Waals surface area contributed by atoms with Gasteiger partial charge in [-0.3, -0.25) is 9.69 Å². The molecule has 2 aliphatic heterocycles. The Hall–Kier alpha value is -3.23. The summed E-state index contributed by atoms with van der Waals surface area (Å²) < 4.78 is 16.8. The number of hydrogen-bond donors (Lipinski definition) is 0. The Morgan fingerprint density at radius 1 is 0.943 bits per heavy atom. The highest BCUT2D eigenvalue weighted by Crippen LogP contribution is 2.36. The van der Waals surface area contributed by atoms with Crippen LogP contribution in [0.2, 0.25) is 0 Å². The van der Waals surface area contributed by atoms with E-state index in [-0.39, 0.29) is 5.91 Å². The molecule has 3 heterocycles. The van der Waals surface area contributed by atoms with Crippen molar-refractivity contribution in [1.29, 1.82) is 0 Å². The molecule has 1 amide bonds. The number of nitrogens with zero attached hydrogens (tertiary/aromatic N) is 3. The Bertz CT molecular complexity index is 1200. The first-order chi connectivity index (χ1) is 17.1. The van der Waals surface area contributed by atoms with Crippen molar-refractivity contribution in [3.05, 3.63) is 65.9 Å². The van der Waals surface area contributed by atoms with Gasteiger partial charge in [-0.1, -0.05) is 17.8 Å². The Labute approximate surface area is 210 Å². The number of amides is 1. The van der Waals surface area contributed by atoms with Crippen LogP contribution in [0.25, 0.3) is 0 Å². The zero-order valence-electron chi connectivity index (χ0n) is 20.0. The number of fused-ring (bicyclic) bond motifs is 1. The quantitative estimate of drug-likeness (QED) is 0.422. The fourth-order valence-electron chi connectivity index (χ4n) is 4.42. The number of rotatable bonds is 9. The Morgan fingerprint density at radius 2 is 1.74 bits per heavy atom. The molecule has 7 nitrogen and oxygen atoms in total. The van der Waals surface area contributed by atoms with Crippen molar-refractivity contribution >= 4 is 23.4 Å². The van der Waals surface area contributed by atoms with Crippen molar-refractivity contribution in [2.45, 2.75) is 29.3 Å². The highest BCUT2D eigenvalue weighted by molar-refractivity contribution is 7.99. The molecule has 0 unspecified atom stereocenters. The summed E-state index contributed by atoms with van der Waals surface area (Å²) >= 11 is 1.52. The number of carbonyl (C=O) groups is 1. The maximum Gasteiger partial charge on any atom is 0.277 e. The number of ether oxygens (including phenoxy) is 3. The summed E-state index contributed by atoms with van der Waals surface area (Å²) in [5.41, 5.74) is 2.17. The van der Waals surface area contributed by atoms with Gasteiger partial charge in [0.2, 0.25) is 0 Å². The normalized spacial score (nSPS) is 15.4. The summed E-state index contributed by atoms with van der Waals surface area (Å²) in [5.74, 6) is 2.01. The zero-order chi connectivity index (χ0) is 24.2. The molecule has 8 heteroatoms. The van der Waals surface area contributed by atoms with Crippen LogP contribution < -0.4 is 19.1 Å². The number of pyridine rings is 1. The van der Waals surface area contributed by atoms with Gasteiger partial charge < -0.3 is 19.1 Å². The number of anilines is 1. The minimum Gasteiger partial charge on any atom is -0.497 e. The lowest BCUT2D eigenvalue weighted by molar-refractivity contribution is 0.0992. The van der Waals surface area contributed by atoms with Gasteiger partial charge >= 0.3 is 0 Å². The average molecular weight is 492 g/mol. The third kappa shape index (κ3) is 5.23. The molecule has 0 aliphatic carbocycles. The van der Waals surface area contributed by atoms with Gasteiger partial charge in [0.15, 0.2) is 11.5 Å². The number of hydrogen-bond acceptors (Lipinski definition) is 7. The molecule has 0 radical (unpaired) electrons. The standard InChI is InChI=1S/C27H29N3O4S/c1-32-21-7-9-22(10-8-21)35-25-12-5-19-18-30(27(31)26(19)28-25)20-6-11-23(24(17-20)33-2)34-16-15-29-13-3-4-14-29/h5-12,17H,3-4,13-16,18H2,1-2H3. The van der Waals surface area contributed by atoms with Gasteiger partial charge in [0.05, 0.1) is 20.8 Å². The molecule has 5 rings (SSSR count). The van der Waals surface area contributed by atoms with Gasteiger partial charge in [0.1, 0.15) is 23.1 Å². The van der Waals surface area contributed by atoms with Crippen LogP contribution in [0.4, 0.5) is 5.69 Å². The summed E-state index contributed by atoms with van der Waals surface area (Å²) in [4.78, 5) is 23.1. The van der Waals surface area contributed by atoms with Crippen molar-refractivity contribution in [3.63, 3.8) is 0 Å². The molecule has 0 N–H and O–H groups in total. The summed E-state index contributed by atoms with van der Waals surface area (Å²) in [7, 11) is 3.27. The molecule has 0 saturated carbocycles. The van der Waals surface area contributed by atoms with E-state index in [4.69, 9.17) is 14.2 Å². The van der Waals surface area contributed by atoms with E-state index in [2.05, 4.69) is 9.88 Å². The van der Waals surface area contributed by atoms with Crippen LogP contribution in [0.3, 0.4) is 0 Å². The van der Waals surface area contributed by atoms with Crippen LogP contribution in [-0.4, -0.2) is 56.3 Å². The Balaban J connectivity index is 1.27. The van der Waals surface area contributed by atoms with E-state index in [0.29, 0.717) is 30.3 Å². The molecular weight excluding hydrogens is 462 g/mol. The molecular formula is C27H29N3O4S. The van der Waals surface area contributed by atoms with Crippen LogP contribution in [0.1, 0.15) is 28.9 Å². The SMILES string of the molecule is COc1ccc(Sc2ccc3c(n2)C(=O)N(c2ccc(OCCN4CCCC4)c(OC)c2)C3)cc1. The van der Waals surface area contributed by atoms with Crippen molar-refractivity contribution < 1.29 is 19.0 Å². The fraction of sp³-hybridized carbons (Fsp3) is 0.333. The van der Waals surface area contributed by atoms with Crippen LogP contribution in [0.15, 0.2) is 64.5 Å². The maximum absolute atomic E-state index is 13.2. The van der Waals surface area contributed by atoms with Gasteiger partial charge in [-0.2, -0.15) is 0 Å². The lowest BCUT2D eigenvalue weighted by atomic mass is 10.2. The van der Waals surface area contributed by atoms with Crippen molar-refractivity contribution in [2.75, 3.05) is 45.4 Å². The third-order valence-corrected chi connectivity index (χ3v) is 7.28. The second-order valence-corrected chi connectivity index (χ2v) is 9.65. The number of benzene rings is 2. The van der Waals surface area contributed by atoms with Gasteiger partial charge in [0, 0.05) is 28.8 Å². The highest BCUT2D eigenvalue weighted by Gasteiger charge is 2.31. The van der Waals surface area contributed by atoms with E-state index < -0.39 is 0 Å². The monoisotopic (exact) mass is 491 g/mol. The third-order valence-electron chi connectivity index (χ3n) is 6.33. The lowest BCUT2D eigenvalue weighted by Gasteiger charge is -2.19. The molecule has 0 bridgehead atoms. The van der Waals surface area contributed by atoms with Crippen molar-refractivity contribution in [2.24, 2.45) is 0 Å². The van der Waals surface area contributed by atoms with Crippen LogP contribution in [0, 0.1) is 0 Å². The lowest BCUT2D eigenvalue weighted by Crippen LogP contribution is -2.25. The summed E-state index contributed by atoms with van der Waals surface area (Å²) in [6.45, 7) is 4.29. The minimum absolute atomic E-state index is 0.109. The number of likely N-dealkylation sites (tertiary alicyclic amines) is 1. The largest absolute Gasteiger partial charge is 0.497 e. The smallest absolute Gasteiger partial charge is 0.277 e. The molecule has 2 aliphatic rings. The van der Waals surface area contributed by atoms with Crippen molar-refractivity contribution in [3.8, 4) is 17.2 Å². The van der Waals surface area contributed by atoms with E-state index in [1.807, 2.05) is 54.6 Å². The van der Waals surface area contributed by atoms with Crippen LogP contribution >= 0.6 is 11.8 Å². The zero-order valence-corrected chi connectivity index (χ0v) is 20.8. The first kappa shape index (κ1) is 23.5. The second-order valence-electron chi connectivity index (χ2n) is 8.56. The Kier molecular flexibility index (Phi) is 7.11. The van der Waals surface area contributed by atoms with Crippen LogP contribution in [-0.2, 0) is 6.54 Å². The topological polar surface area (TPSA) is 64.1 Å². The molecule has 3 aromatic rings. The number of methoxy groups -OCH3 is 2. The van der Waals surface area contributed by atoms with E-state index >= 15 is 0 Å². The van der Waals surface area contributed by atoms with Crippen molar-refractivity contribution in [1.82, 2.24) is 9.88 Å². The molecule has 0 spiro atoms. The maximum atomic E-state index is 13.2. The Morgan fingerprint density at radius 3 is 2.49 bits per heavy atom. The highest BCUT2D eigenvalue weighted by atomic mass is 32.2. The molecule has 0 atom stereocenters. The molecule has 1 saturated heterocycles. The summed E-state index contributed by atoms with van der Waals surface area (Å²) in [6.07, 6.45) is 2.53. The second kappa shape index (κ2) is 10.6. The first-order valence-electron chi connectivity index (χ1n) is 11.8. The molecule has 1 aromatic heterocycles. The predicted molar refractivity (Wildman–Crippen MR) is 136 cm³/mol. The van der Waals surface area contributed by atoms with E-state index in [1.54, 1.807) is 19.1 Å². The van der Waals surface area contributed by atoms with E-state index in [0.717, 1.165) is 46.6 Å². The van der Waals surface area contributed by atoms with Gasteiger partial charge in [-0.15, -0.1) is 0 Å². The molecule has 35 heavy (non-hydrogen) atoms. The minimum atomic E-state index is -0.109. The number of carbonyl (C=O) groups excluding carboxylic acids is 1. The molecule has 2 aromatic carbocycles. The van der Waals surface area contributed by atoms with Gasteiger partial charge in [-0.05, 0) is 68.4 Å². The number of aromatic nitrogens is 1. The van der Waals surface area contributed by atoms with Crippen LogP contribution in [0.5, 0.6) is 17.2 Å².